The third-order valence-electron chi connectivity index (χ3n) is 3.57. The zero-order valence-electron chi connectivity index (χ0n) is 12.8. The van der Waals surface area contributed by atoms with Crippen LogP contribution in [0.25, 0.3) is 16.8 Å². The molecule has 114 valence electrons. The molecule has 3 heteroatoms. The lowest BCUT2D eigenvalue weighted by atomic mass is 10.0. The molecule has 3 aromatic carbocycles. The van der Waals surface area contributed by atoms with Crippen LogP contribution in [0.4, 0.5) is 5.69 Å². The molecule has 0 aliphatic carbocycles. The molecule has 0 spiro atoms. The fraction of sp³-hybridized carbons (Fsp3) is 0.0500. The Morgan fingerprint density at radius 3 is 2.65 bits per heavy atom. The van der Waals surface area contributed by atoms with Gasteiger partial charge >= 0.3 is 0 Å². The van der Waals surface area contributed by atoms with Crippen LogP contribution < -0.4 is 5.32 Å². The summed E-state index contributed by atoms with van der Waals surface area (Å²) in [5.74, 6) is -0.129. The second-order valence-corrected chi connectivity index (χ2v) is 6.00. The lowest BCUT2D eigenvalue weighted by molar-refractivity contribution is -0.111. The van der Waals surface area contributed by atoms with E-state index < -0.39 is 0 Å². The molecule has 3 aromatic rings. The van der Waals surface area contributed by atoms with Gasteiger partial charge in [-0.25, -0.2) is 0 Å². The van der Waals surface area contributed by atoms with E-state index in [1.807, 2.05) is 60.9 Å². The first kappa shape index (κ1) is 15.4. The standard InChI is InChI=1S/C20H17NOS/c1-23-18-10-5-9-17(14-18)21-20(22)13-12-16-8-4-7-15-6-2-3-11-19(15)16/h2-14H,1H3,(H,21,22). The highest BCUT2D eigenvalue weighted by Gasteiger charge is 2.01. The molecule has 23 heavy (non-hydrogen) atoms. The lowest BCUT2D eigenvalue weighted by Crippen LogP contribution is -2.07. The van der Waals surface area contributed by atoms with Gasteiger partial charge in [0, 0.05) is 16.7 Å². The molecule has 2 nitrogen and oxygen atoms in total. The summed E-state index contributed by atoms with van der Waals surface area (Å²) in [5.41, 5.74) is 1.85. The molecule has 0 aromatic heterocycles. The number of anilines is 1. The van der Waals surface area contributed by atoms with Crippen molar-refractivity contribution in [1.29, 1.82) is 0 Å². The van der Waals surface area contributed by atoms with Gasteiger partial charge in [-0.15, -0.1) is 11.8 Å². The van der Waals surface area contributed by atoms with E-state index in [9.17, 15) is 4.79 Å². The number of carbonyl (C=O) groups excluding carboxylic acids is 1. The summed E-state index contributed by atoms with van der Waals surface area (Å²) in [4.78, 5) is 13.2. The Morgan fingerprint density at radius 2 is 1.78 bits per heavy atom. The summed E-state index contributed by atoms with van der Waals surface area (Å²) < 4.78 is 0. The van der Waals surface area contributed by atoms with Crippen molar-refractivity contribution in [2.24, 2.45) is 0 Å². The van der Waals surface area contributed by atoms with Crippen LogP contribution >= 0.6 is 11.8 Å². The quantitative estimate of drug-likeness (QED) is 0.528. The van der Waals surface area contributed by atoms with Crippen molar-refractivity contribution in [2.75, 3.05) is 11.6 Å². The molecule has 0 heterocycles. The van der Waals surface area contributed by atoms with Gasteiger partial charge in [0.15, 0.2) is 0 Å². The Bertz CT molecular complexity index is 865. The van der Waals surface area contributed by atoms with Crippen LogP contribution in [-0.4, -0.2) is 12.2 Å². The van der Waals surface area contributed by atoms with Gasteiger partial charge < -0.3 is 5.32 Å². The fourth-order valence-corrected chi connectivity index (χ4v) is 2.91. The second-order valence-electron chi connectivity index (χ2n) is 5.12. The molecule has 0 bridgehead atoms. The zero-order chi connectivity index (χ0) is 16.1. The molecule has 0 aliphatic rings. The summed E-state index contributed by atoms with van der Waals surface area (Å²) in [6.45, 7) is 0. The molecule has 1 amide bonds. The number of nitrogens with one attached hydrogen (secondary N) is 1. The summed E-state index contributed by atoms with van der Waals surface area (Å²) in [7, 11) is 0. The summed E-state index contributed by atoms with van der Waals surface area (Å²) >= 11 is 1.65. The largest absolute Gasteiger partial charge is 0.322 e. The number of thioether (sulfide) groups is 1. The van der Waals surface area contributed by atoms with Gasteiger partial charge in [0.2, 0.25) is 5.91 Å². The highest BCUT2D eigenvalue weighted by molar-refractivity contribution is 7.98. The minimum Gasteiger partial charge on any atom is -0.322 e. The van der Waals surface area contributed by atoms with Gasteiger partial charge in [0.1, 0.15) is 0 Å². The average Bonchev–Trinajstić information content (AvgIpc) is 2.60. The molecule has 0 fully saturated rings. The molecular weight excluding hydrogens is 302 g/mol. The van der Waals surface area contributed by atoms with Crippen LogP contribution in [0.2, 0.25) is 0 Å². The van der Waals surface area contributed by atoms with Gasteiger partial charge in [-0.2, -0.15) is 0 Å². The third-order valence-corrected chi connectivity index (χ3v) is 4.30. The minimum absolute atomic E-state index is 0.129. The summed E-state index contributed by atoms with van der Waals surface area (Å²) in [5, 5.41) is 5.21. The Balaban J connectivity index is 1.77. The Kier molecular flexibility index (Phi) is 4.79. The maximum Gasteiger partial charge on any atom is 0.248 e. The van der Waals surface area contributed by atoms with E-state index in [-0.39, 0.29) is 5.91 Å². The predicted molar refractivity (Wildman–Crippen MR) is 99.8 cm³/mol. The number of hydrogen-bond donors (Lipinski definition) is 1. The molecule has 0 atom stereocenters. The molecule has 0 saturated heterocycles. The van der Waals surface area contributed by atoms with Gasteiger partial charge in [-0.3, -0.25) is 4.79 Å². The molecule has 0 aliphatic heterocycles. The first-order valence-electron chi connectivity index (χ1n) is 7.37. The number of hydrogen-bond acceptors (Lipinski definition) is 2. The number of amides is 1. The van der Waals surface area contributed by atoms with Crippen LogP contribution in [0.3, 0.4) is 0 Å². The van der Waals surface area contributed by atoms with E-state index in [1.54, 1.807) is 17.8 Å². The SMILES string of the molecule is CSc1cccc(NC(=O)C=Cc2cccc3ccccc23)c1. The molecule has 1 N–H and O–H groups in total. The van der Waals surface area contributed by atoms with Gasteiger partial charge in [-0.1, -0.05) is 48.5 Å². The van der Waals surface area contributed by atoms with Crippen LogP contribution in [0, 0.1) is 0 Å². The molecule has 0 saturated carbocycles. The third kappa shape index (κ3) is 3.82. The summed E-state index contributed by atoms with van der Waals surface area (Å²) in [6, 6.07) is 22.1. The molecule has 0 unspecified atom stereocenters. The van der Waals surface area contributed by atoms with Crippen molar-refractivity contribution in [1.82, 2.24) is 0 Å². The first-order valence-corrected chi connectivity index (χ1v) is 8.59. The second kappa shape index (κ2) is 7.16. The van der Waals surface area contributed by atoms with Crippen molar-refractivity contribution in [3.8, 4) is 0 Å². The smallest absolute Gasteiger partial charge is 0.248 e. The van der Waals surface area contributed by atoms with Gasteiger partial charge in [0.25, 0.3) is 0 Å². The van der Waals surface area contributed by atoms with Crippen LogP contribution in [0.15, 0.2) is 77.7 Å². The van der Waals surface area contributed by atoms with E-state index in [0.717, 1.165) is 21.5 Å². The van der Waals surface area contributed by atoms with Crippen LogP contribution in [-0.2, 0) is 4.79 Å². The van der Waals surface area contributed by atoms with Crippen molar-refractivity contribution in [3.05, 3.63) is 78.4 Å². The lowest BCUT2D eigenvalue weighted by Gasteiger charge is -2.04. The molecule has 3 rings (SSSR count). The van der Waals surface area contributed by atoms with Gasteiger partial charge in [0.05, 0.1) is 0 Å². The maximum atomic E-state index is 12.1. The van der Waals surface area contributed by atoms with E-state index in [4.69, 9.17) is 0 Å². The van der Waals surface area contributed by atoms with E-state index >= 15 is 0 Å². The predicted octanol–water partition coefficient (Wildman–Crippen LogP) is 5.21. The van der Waals surface area contributed by atoms with Crippen molar-refractivity contribution in [2.45, 2.75) is 4.90 Å². The average molecular weight is 319 g/mol. The minimum atomic E-state index is -0.129. The number of carbonyl (C=O) groups is 1. The Morgan fingerprint density at radius 1 is 1.00 bits per heavy atom. The van der Waals surface area contributed by atoms with Gasteiger partial charge in [-0.05, 0) is 46.9 Å². The molecule has 0 radical (unpaired) electrons. The highest BCUT2D eigenvalue weighted by Crippen LogP contribution is 2.20. The molecular formula is C20H17NOS. The monoisotopic (exact) mass is 319 g/mol. The van der Waals surface area contributed by atoms with Crippen molar-refractivity contribution < 1.29 is 4.79 Å². The fourth-order valence-electron chi connectivity index (χ4n) is 2.45. The summed E-state index contributed by atoms with van der Waals surface area (Å²) in [6.07, 6.45) is 5.45. The van der Waals surface area contributed by atoms with Crippen molar-refractivity contribution in [3.63, 3.8) is 0 Å². The maximum absolute atomic E-state index is 12.1. The van der Waals surface area contributed by atoms with E-state index in [1.165, 1.54) is 5.39 Å². The number of rotatable bonds is 4. The van der Waals surface area contributed by atoms with Crippen molar-refractivity contribution >= 4 is 40.2 Å². The Labute approximate surface area is 140 Å². The van der Waals surface area contributed by atoms with Crippen LogP contribution in [0.1, 0.15) is 5.56 Å². The highest BCUT2D eigenvalue weighted by atomic mass is 32.2. The first-order chi connectivity index (χ1) is 11.3. The topological polar surface area (TPSA) is 29.1 Å². The Hall–Kier alpha value is -2.52. The zero-order valence-corrected chi connectivity index (χ0v) is 13.6. The number of benzene rings is 3. The van der Waals surface area contributed by atoms with Crippen LogP contribution in [0.5, 0.6) is 0 Å². The normalized spacial score (nSPS) is 11.0. The number of fused-ring (bicyclic) bond motifs is 1. The van der Waals surface area contributed by atoms with E-state index in [2.05, 4.69) is 23.5 Å². The van der Waals surface area contributed by atoms with E-state index in [0.29, 0.717) is 0 Å².